The van der Waals surface area contributed by atoms with E-state index >= 15 is 0 Å². The molecule has 3 N–H and O–H groups in total. The number of nitrogens with zero attached hydrogens (tertiary/aromatic N) is 2. The van der Waals surface area contributed by atoms with Gasteiger partial charge < -0.3 is 15.7 Å². The highest BCUT2D eigenvalue weighted by atomic mass is 16.5. The average molecular weight is 293 g/mol. The molecule has 0 spiro atoms. The standard InChI is InChI=1S/C16H27N3O2/c1-11(2)8-12(3)19(4)10-13-6-7-14(16(17)18-20)15(9-13)21-5/h6-7,9,11-12,20H,8,10H2,1-5H3,(H2,17,18). The van der Waals surface area contributed by atoms with Gasteiger partial charge in [-0.15, -0.1) is 0 Å². The van der Waals surface area contributed by atoms with E-state index in [1.807, 2.05) is 18.2 Å². The first-order chi connectivity index (χ1) is 9.88. The largest absolute Gasteiger partial charge is 0.496 e. The molecule has 0 bridgehead atoms. The first-order valence-electron chi connectivity index (χ1n) is 7.24. The summed E-state index contributed by atoms with van der Waals surface area (Å²) in [6.07, 6.45) is 1.16. The summed E-state index contributed by atoms with van der Waals surface area (Å²) in [4.78, 5) is 2.32. The summed E-state index contributed by atoms with van der Waals surface area (Å²) in [5.41, 5.74) is 7.37. The molecule has 0 saturated carbocycles. The molecule has 0 aromatic heterocycles. The van der Waals surface area contributed by atoms with Crippen LogP contribution in [0.3, 0.4) is 0 Å². The van der Waals surface area contributed by atoms with Gasteiger partial charge in [0, 0.05) is 12.6 Å². The van der Waals surface area contributed by atoms with Crippen LogP contribution >= 0.6 is 0 Å². The highest BCUT2D eigenvalue weighted by Gasteiger charge is 2.13. The number of oxime groups is 1. The first kappa shape index (κ1) is 17.3. The minimum absolute atomic E-state index is 0.0555. The Labute approximate surface area is 127 Å². The highest BCUT2D eigenvalue weighted by Crippen LogP contribution is 2.22. The van der Waals surface area contributed by atoms with Crippen molar-refractivity contribution in [1.29, 1.82) is 0 Å². The van der Waals surface area contributed by atoms with Crippen LogP contribution in [0, 0.1) is 5.92 Å². The predicted molar refractivity (Wildman–Crippen MR) is 85.9 cm³/mol. The van der Waals surface area contributed by atoms with Crippen molar-refractivity contribution in [2.24, 2.45) is 16.8 Å². The summed E-state index contributed by atoms with van der Waals surface area (Å²) in [5, 5.41) is 11.8. The molecule has 0 fully saturated rings. The number of hydrogen-bond donors (Lipinski definition) is 2. The third-order valence-electron chi connectivity index (χ3n) is 3.65. The maximum atomic E-state index is 8.78. The predicted octanol–water partition coefficient (Wildman–Crippen LogP) is 2.66. The van der Waals surface area contributed by atoms with Crippen molar-refractivity contribution in [1.82, 2.24) is 4.90 Å². The molecule has 21 heavy (non-hydrogen) atoms. The summed E-state index contributed by atoms with van der Waals surface area (Å²) in [7, 11) is 3.70. The van der Waals surface area contributed by atoms with E-state index in [2.05, 4.69) is 37.9 Å². The summed E-state index contributed by atoms with van der Waals surface area (Å²) < 4.78 is 5.33. The van der Waals surface area contributed by atoms with Crippen LogP contribution < -0.4 is 10.5 Å². The van der Waals surface area contributed by atoms with Gasteiger partial charge in [0.25, 0.3) is 0 Å². The molecule has 0 radical (unpaired) electrons. The Kier molecular flexibility index (Phi) is 6.49. The zero-order valence-electron chi connectivity index (χ0n) is 13.6. The lowest BCUT2D eigenvalue weighted by atomic mass is 10.0. The second kappa shape index (κ2) is 7.88. The van der Waals surface area contributed by atoms with Gasteiger partial charge in [-0.25, -0.2) is 0 Å². The number of methoxy groups -OCH3 is 1. The van der Waals surface area contributed by atoms with Gasteiger partial charge >= 0.3 is 0 Å². The average Bonchev–Trinajstić information content (AvgIpc) is 2.45. The van der Waals surface area contributed by atoms with E-state index in [4.69, 9.17) is 15.7 Å². The zero-order valence-corrected chi connectivity index (χ0v) is 13.6. The van der Waals surface area contributed by atoms with Crippen LogP contribution in [0.4, 0.5) is 0 Å². The van der Waals surface area contributed by atoms with Crippen molar-refractivity contribution >= 4 is 5.84 Å². The van der Waals surface area contributed by atoms with Crippen molar-refractivity contribution < 1.29 is 9.94 Å². The van der Waals surface area contributed by atoms with Crippen LogP contribution in [-0.4, -0.2) is 36.1 Å². The van der Waals surface area contributed by atoms with Crippen LogP contribution in [0.25, 0.3) is 0 Å². The lowest BCUT2D eigenvalue weighted by Crippen LogP contribution is -2.29. The Balaban J connectivity index is 2.85. The van der Waals surface area contributed by atoms with Crippen molar-refractivity contribution in [2.75, 3.05) is 14.2 Å². The molecule has 1 aromatic rings. The van der Waals surface area contributed by atoms with E-state index in [-0.39, 0.29) is 5.84 Å². The van der Waals surface area contributed by atoms with Gasteiger partial charge in [0.15, 0.2) is 5.84 Å². The van der Waals surface area contributed by atoms with Crippen LogP contribution in [0.15, 0.2) is 23.4 Å². The maximum Gasteiger partial charge on any atom is 0.173 e. The second-order valence-corrected chi connectivity index (χ2v) is 5.91. The summed E-state index contributed by atoms with van der Waals surface area (Å²) in [6, 6.07) is 6.25. The third-order valence-corrected chi connectivity index (χ3v) is 3.65. The van der Waals surface area contributed by atoms with E-state index in [1.165, 1.54) is 0 Å². The summed E-state index contributed by atoms with van der Waals surface area (Å²) in [5.74, 6) is 1.35. The number of benzene rings is 1. The zero-order chi connectivity index (χ0) is 16.0. The molecular weight excluding hydrogens is 266 g/mol. The lowest BCUT2D eigenvalue weighted by Gasteiger charge is -2.26. The molecule has 0 heterocycles. The second-order valence-electron chi connectivity index (χ2n) is 5.91. The number of amidine groups is 1. The summed E-state index contributed by atoms with van der Waals surface area (Å²) >= 11 is 0. The molecule has 0 aliphatic rings. The number of nitrogens with two attached hydrogens (primary N) is 1. The van der Waals surface area contributed by atoms with E-state index in [0.29, 0.717) is 23.3 Å². The Hall–Kier alpha value is -1.75. The molecule has 118 valence electrons. The molecule has 1 aromatic carbocycles. The Morgan fingerprint density at radius 2 is 2.05 bits per heavy atom. The van der Waals surface area contributed by atoms with Gasteiger partial charge in [0.2, 0.25) is 0 Å². The van der Waals surface area contributed by atoms with Gasteiger partial charge in [0.1, 0.15) is 5.75 Å². The Morgan fingerprint density at radius 3 is 2.57 bits per heavy atom. The topological polar surface area (TPSA) is 71.1 Å². The number of rotatable bonds is 7. The molecule has 1 rings (SSSR count). The molecule has 5 nitrogen and oxygen atoms in total. The van der Waals surface area contributed by atoms with Gasteiger partial charge in [-0.2, -0.15) is 0 Å². The lowest BCUT2D eigenvalue weighted by molar-refractivity contribution is 0.220. The molecule has 1 atom stereocenters. The SMILES string of the molecule is COc1cc(CN(C)C(C)CC(C)C)ccc1/C(N)=N/O. The summed E-state index contributed by atoms with van der Waals surface area (Å²) in [6.45, 7) is 7.54. The molecule has 0 aliphatic carbocycles. The normalized spacial score (nSPS) is 13.8. The van der Waals surface area contributed by atoms with Gasteiger partial charge in [0.05, 0.1) is 12.7 Å². The van der Waals surface area contributed by atoms with Crippen LogP contribution in [0.1, 0.15) is 38.3 Å². The Morgan fingerprint density at radius 1 is 1.38 bits per heavy atom. The number of ether oxygens (including phenoxy) is 1. The molecule has 0 saturated heterocycles. The fourth-order valence-corrected chi connectivity index (χ4v) is 2.41. The third kappa shape index (κ3) is 4.93. The van der Waals surface area contributed by atoms with Crippen LogP contribution in [0.2, 0.25) is 0 Å². The van der Waals surface area contributed by atoms with Crippen LogP contribution in [-0.2, 0) is 6.54 Å². The molecule has 0 aliphatic heterocycles. The molecule has 0 amide bonds. The fraction of sp³-hybridized carbons (Fsp3) is 0.562. The van der Waals surface area contributed by atoms with E-state index in [0.717, 1.165) is 18.5 Å². The monoisotopic (exact) mass is 293 g/mol. The van der Waals surface area contributed by atoms with Crippen molar-refractivity contribution in [3.8, 4) is 5.75 Å². The Bertz CT molecular complexity index is 486. The fourth-order valence-electron chi connectivity index (χ4n) is 2.41. The molecule has 5 heteroatoms. The van der Waals surface area contributed by atoms with E-state index in [9.17, 15) is 0 Å². The van der Waals surface area contributed by atoms with Gasteiger partial charge in [-0.1, -0.05) is 25.1 Å². The smallest absolute Gasteiger partial charge is 0.173 e. The highest BCUT2D eigenvalue weighted by molar-refractivity contribution is 5.99. The van der Waals surface area contributed by atoms with E-state index < -0.39 is 0 Å². The molecular formula is C16H27N3O2. The molecule has 1 unspecified atom stereocenters. The number of hydrogen-bond acceptors (Lipinski definition) is 4. The minimum Gasteiger partial charge on any atom is -0.496 e. The van der Waals surface area contributed by atoms with Crippen molar-refractivity contribution in [2.45, 2.75) is 39.8 Å². The van der Waals surface area contributed by atoms with Gasteiger partial charge in [-0.3, -0.25) is 4.90 Å². The first-order valence-corrected chi connectivity index (χ1v) is 7.24. The van der Waals surface area contributed by atoms with Gasteiger partial charge in [-0.05, 0) is 44.0 Å². The maximum absolute atomic E-state index is 8.78. The van der Waals surface area contributed by atoms with Crippen molar-refractivity contribution in [3.05, 3.63) is 29.3 Å². The van der Waals surface area contributed by atoms with E-state index in [1.54, 1.807) is 7.11 Å². The quantitative estimate of drug-likeness (QED) is 0.351. The minimum atomic E-state index is 0.0555. The van der Waals surface area contributed by atoms with Crippen molar-refractivity contribution in [3.63, 3.8) is 0 Å². The van der Waals surface area contributed by atoms with Crippen LogP contribution in [0.5, 0.6) is 5.75 Å².